The van der Waals surface area contributed by atoms with Gasteiger partial charge in [-0.3, -0.25) is 9.69 Å². The van der Waals surface area contributed by atoms with E-state index < -0.39 is 0 Å². The number of urea groups is 1. The Balaban J connectivity index is 0.00000240. The predicted molar refractivity (Wildman–Crippen MR) is 111 cm³/mol. The smallest absolute Gasteiger partial charge is 0.321 e. The molecule has 7 nitrogen and oxygen atoms in total. The van der Waals surface area contributed by atoms with E-state index in [2.05, 4.69) is 22.1 Å². The van der Waals surface area contributed by atoms with Crippen molar-refractivity contribution in [3.05, 3.63) is 48.2 Å². The fourth-order valence-electron chi connectivity index (χ4n) is 3.72. The highest BCUT2D eigenvalue weighted by atomic mass is 16.2. The van der Waals surface area contributed by atoms with Crippen LogP contribution in [0.4, 0.5) is 22.0 Å². The predicted octanol–water partition coefficient (Wildman–Crippen LogP) is 3.57. The molecule has 1 saturated heterocycles. The summed E-state index contributed by atoms with van der Waals surface area (Å²) in [5.41, 5.74) is 1.57. The molecule has 2 aromatic rings. The number of nitrogens with zero attached hydrogens (tertiary/aromatic N) is 4. The zero-order valence-electron chi connectivity index (χ0n) is 16.1. The molecule has 0 saturated carbocycles. The molecule has 1 aromatic carbocycles. The van der Waals surface area contributed by atoms with Crippen molar-refractivity contribution in [1.82, 2.24) is 14.8 Å². The molecule has 0 unspecified atom stereocenters. The van der Waals surface area contributed by atoms with Crippen LogP contribution in [-0.4, -0.2) is 59.4 Å². The van der Waals surface area contributed by atoms with E-state index in [1.165, 1.54) is 12.8 Å². The zero-order chi connectivity index (χ0) is 19.5. The molecule has 4 rings (SSSR count). The first kappa shape index (κ1) is 18.4. The number of rotatable bonds is 3. The highest BCUT2D eigenvalue weighted by molar-refractivity contribution is 6.16. The van der Waals surface area contributed by atoms with Gasteiger partial charge in [0.15, 0.2) is 5.82 Å². The monoisotopic (exact) mass is 381 g/mol. The van der Waals surface area contributed by atoms with E-state index in [0.717, 1.165) is 19.6 Å². The number of para-hydroxylation sites is 1. The highest BCUT2D eigenvalue weighted by Crippen LogP contribution is 2.36. The summed E-state index contributed by atoms with van der Waals surface area (Å²) >= 11 is 0. The average Bonchev–Trinajstić information content (AvgIpc) is 2.86. The first-order valence-electron chi connectivity index (χ1n) is 9.86. The summed E-state index contributed by atoms with van der Waals surface area (Å²) in [6.45, 7) is 6.35. The van der Waals surface area contributed by atoms with Gasteiger partial charge in [-0.2, -0.15) is 0 Å². The molecule has 1 fully saturated rings. The Kier molecular flexibility index (Phi) is 5.25. The van der Waals surface area contributed by atoms with E-state index in [1.54, 1.807) is 41.4 Å². The Morgan fingerprint density at radius 3 is 2.71 bits per heavy atom. The number of anilines is 3. The molecule has 0 bridgehead atoms. The maximum absolute atomic E-state index is 13.5. The van der Waals surface area contributed by atoms with Crippen LogP contribution in [0.5, 0.6) is 0 Å². The molecule has 0 aliphatic carbocycles. The normalized spacial score (nSPS) is 16.8. The van der Waals surface area contributed by atoms with Crippen LogP contribution in [0.1, 0.15) is 31.6 Å². The van der Waals surface area contributed by atoms with Crippen LogP contribution in [0.3, 0.4) is 0 Å². The van der Waals surface area contributed by atoms with E-state index in [9.17, 15) is 9.59 Å². The number of pyridine rings is 1. The van der Waals surface area contributed by atoms with Crippen molar-refractivity contribution >= 4 is 29.1 Å². The Morgan fingerprint density at radius 1 is 1.14 bits per heavy atom. The van der Waals surface area contributed by atoms with Crippen molar-refractivity contribution in [2.75, 3.05) is 42.9 Å². The number of carbonyl (C=O) groups is 2. The lowest BCUT2D eigenvalue weighted by Gasteiger charge is -2.37. The van der Waals surface area contributed by atoms with Crippen LogP contribution in [0.15, 0.2) is 42.6 Å². The van der Waals surface area contributed by atoms with Gasteiger partial charge >= 0.3 is 6.03 Å². The van der Waals surface area contributed by atoms with Gasteiger partial charge in [-0.15, -0.1) is 0 Å². The average molecular weight is 381 g/mol. The molecular weight excluding hydrogens is 354 g/mol. The van der Waals surface area contributed by atoms with Crippen LogP contribution in [0, 0.1) is 0 Å². The first-order valence-corrected chi connectivity index (χ1v) is 9.86. The molecule has 0 spiro atoms. The van der Waals surface area contributed by atoms with Crippen LogP contribution < -0.4 is 10.2 Å². The lowest BCUT2D eigenvalue weighted by atomic mass is 10.1. The van der Waals surface area contributed by atoms with Crippen molar-refractivity contribution in [3.8, 4) is 0 Å². The minimum atomic E-state index is -0.232. The van der Waals surface area contributed by atoms with Gasteiger partial charge in [0.25, 0.3) is 5.91 Å². The molecule has 3 amide bonds. The lowest BCUT2D eigenvalue weighted by Crippen LogP contribution is -2.52. The number of fused-ring (bicyclic) bond motifs is 2. The van der Waals surface area contributed by atoms with E-state index in [-0.39, 0.29) is 13.4 Å². The third kappa shape index (κ3) is 3.45. The summed E-state index contributed by atoms with van der Waals surface area (Å²) < 4.78 is 0. The highest BCUT2D eigenvalue weighted by Gasteiger charge is 2.33. The molecule has 2 aliphatic rings. The summed E-state index contributed by atoms with van der Waals surface area (Å²) in [6.07, 6.45) is 3.99. The number of aromatic nitrogens is 1. The Bertz CT molecular complexity index is 883. The van der Waals surface area contributed by atoms with Gasteiger partial charge in [0.2, 0.25) is 0 Å². The number of hydrogen-bond acceptors (Lipinski definition) is 4. The topological polar surface area (TPSA) is 68.8 Å². The number of hydrogen-bond donors (Lipinski definition) is 1. The summed E-state index contributed by atoms with van der Waals surface area (Å²) in [6, 6.07) is 10.6. The number of unbranched alkanes of at least 4 members (excludes halogenated alkanes) is 1. The largest absolute Gasteiger partial charge is 0.330 e. The van der Waals surface area contributed by atoms with Crippen molar-refractivity contribution in [2.24, 2.45) is 0 Å². The fraction of sp³-hybridized carbons (Fsp3) is 0.381. The van der Waals surface area contributed by atoms with Crippen molar-refractivity contribution in [3.63, 3.8) is 0 Å². The van der Waals surface area contributed by atoms with Crippen LogP contribution in [-0.2, 0) is 0 Å². The maximum Gasteiger partial charge on any atom is 0.330 e. The van der Waals surface area contributed by atoms with Gasteiger partial charge in [-0.25, -0.2) is 14.7 Å². The van der Waals surface area contributed by atoms with Gasteiger partial charge in [-0.05, 0) is 37.2 Å². The summed E-state index contributed by atoms with van der Waals surface area (Å²) in [5, 5.41) is 2.87. The number of benzene rings is 1. The van der Waals surface area contributed by atoms with Crippen LogP contribution in [0.2, 0.25) is 0 Å². The molecule has 3 heterocycles. The Labute approximate surface area is 166 Å². The summed E-state index contributed by atoms with van der Waals surface area (Å²) in [5.74, 6) is 0.226. The molecule has 0 atom stereocenters. The second-order valence-electron chi connectivity index (χ2n) is 7.15. The molecule has 1 aromatic heterocycles. The zero-order valence-corrected chi connectivity index (χ0v) is 16.1. The standard InChI is InChI=1S/C21H25N5O2.H2/c1-2-3-11-24-12-14-25(15-13-24)21(28)26-18-9-5-4-7-16(18)20(27)23-17-8-6-10-22-19(17)26;/h4-10H,2-3,11-15H2,1H3,(H,23,27);1H. The van der Waals surface area contributed by atoms with Crippen LogP contribution in [0.25, 0.3) is 0 Å². The fourth-order valence-corrected chi connectivity index (χ4v) is 3.72. The molecule has 1 N–H and O–H groups in total. The van der Waals surface area contributed by atoms with Gasteiger partial charge in [0.05, 0.1) is 16.9 Å². The third-order valence-corrected chi connectivity index (χ3v) is 5.30. The number of carbonyl (C=O) groups excluding carboxylic acids is 2. The molecular formula is C21H27N5O2. The van der Waals surface area contributed by atoms with Crippen LogP contribution >= 0.6 is 0 Å². The SMILES string of the molecule is CCCCN1CCN(C(=O)N2c3ccccc3C(=O)Nc3cccnc32)CC1.[HH]. The van der Waals surface area contributed by atoms with E-state index >= 15 is 0 Å². The van der Waals surface area contributed by atoms with E-state index in [0.29, 0.717) is 35.8 Å². The van der Waals surface area contributed by atoms with Crippen molar-refractivity contribution < 1.29 is 11.0 Å². The van der Waals surface area contributed by atoms with Gasteiger partial charge < -0.3 is 10.2 Å². The van der Waals surface area contributed by atoms with Gasteiger partial charge in [0, 0.05) is 33.8 Å². The number of amides is 3. The minimum absolute atomic E-state index is 0. The van der Waals surface area contributed by atoms with Gasteiger partial charge in [-0.1, -0.05) is 25.5 Å². The van der Waals surface area contributed by atoms with Crippen molar-refractivity contribution in [1.29, 1.82) is 0 Å². The number of piperazine rings is 1. The summed E-state index contributed by atoms with van der Waals surface area (Å²) in [7, 11) is 0. The van der Waals surface area contributed by atoms with Crippen molar-refractivity contribution in [2.45, 2.75) is 19.8 Å². The van der Waals surface area contributed by atoms with E-state index in [1.807, 2.05) is 11.0 Å². The van der Waals surface area contributed by atoms with E-state index in [4.69, 9.17) is 0 Å². The third-order valence-electron chi connectivity index (χ3n) is 5.30. The molecule has 0 radical (unpaired) electrons. The summed E-state index contributed by atoms with van der Waals surface area (Å²) in [4.78, 5) is 36.4. The first-order chi connectivity index (χ1) is 13.7. The van der Waals surface area contributed by atoms with Gasteiger partial charge in [0.1, 0.15) is 0 Å². The Morgan fingerprint density at radius 2 is 1.93 bits per heavy atom. The second-order valence-corrected chi connectivity index (χ2v) is 7.15. The molecule has 28 heavy (non-hydrogen) atoms. The maximum atomic E-state index is 13.5. The number of nitrogens with one attached hydrogen (secondary N) is 1. The minimum Gasteiger partial charge on any atom is -0.321 e. The molecule has 2 aliphatic heterocycles. The second kappa shape index (κ2) is 7.98. The Hall–Kier alpha value is -2.93. The quantitative estimate of drug-likeness (QED) is 0.882. The molecule has 7 heteroatoms. The lowest BCUT2D eigenvalue weighted by molar-refractivity contribution is 0.102. The molecule has 148 valence electrons.